The summed E-state index contributed by atoms with van der Waals surface area (Å²) in [7, 11) is 0. The molecule has 1 unspecified atom stereocenters. The van der Waals surface area contributed by atoms with Crippen molar-refractivity contribution >= 4 is 22.0 Å². The Morgan fingerprint density at radius 1 is 1.05 bits per heavy atom. The maximum Gasteiger partial charge on any atom is 0.0985 e. The Hall–Kier alpha value is -1.42. The molecule has 0 spiro atoms. The van der Waals surface area contributed by atoms with Gasteiger partial charge in [-0.2, -0.15) is 0 Å². The highest BCUT2D eigenvalue weighted by atomic mass is 79.9. The zero-order chi connectivity index (χ0) is 13.7. The van der Waals surface area contributed by atoms with Crippen molar-refractivity contribution in [2.75, 3.05) is 0 Å². The van der Waals surface area contributed by atoms with Crippen LogP contribution in [0.4, 0.5) is 0 Å². The summed E-state index contributed by atoms with van der Waals surface area (Å²) in [4.78, 5) is 0. The van der Waals surface area contributed by atoms with E-state index in [1.165, 1.54) is 0 Å². The number of hydrogen-bond acceptors (Lipinski definition) is 2. The fraction of sp³-hybridized carbons (Fsp3) is 0.125. The Labute approximate surface area is 121 Å². The van der Waals surface area contributed by atoms with E-state index < -0.39 is 6.10 Å². The number of halogens is 1. The smallest absolute Gasteiger partial charge is 0.0985 e. The largest absolute Gasteiger partial charge is 0.392 e. The second-order valence-electron chi connectivity index (χ2n) is 4.18. The van der Waals surface area contributed by atoms with Gasteiger partial charge in [-0.3, -0.25) is 0 Å². The Kier molecular flexibility index (Phi) is 4.91. The van der Waals surface area contributed by atoms with Crippen LogP contribution >= 0.6 is 15.9 Å². The van der Waals surface area contributed by atoms with E-state index in [0.717, 1.165) is 21.2 Å². The molecule has 2 N–H and O–H groups in total. The van der Waals surface area contributed by atoms with Gasteiger partial charge in [-0.25, -0.2) is 0 Å². The maximum atomic E-state index is 10.1. The average molecular weight is 319 g/mol. The number of benzene rings is 2. The molecule has 0 fully saturated rings. The molecule has 1 atom stereocenters. The van der Waals surface area contributed by atoms with Gasteiger partial charge >= 0.3 is 0 Å². The van der Waals surface area contributed by atoms with Crippen molar-refractivity contribution in [1.29, 1.82) is 0 Å². The quantitative estimate of drug-likeness (QED) is 0.902. The third-order valence-electron chi connectivity index (χ3n) is 2.91. The van der Waals surface area contributed by atoms with Crippen molar-refractivity contribution in [1.82, 2.24) is 0 Å². The van der Waals surface area contributed by atoms with Gasteiger partial charge in [-0.05, 0) is 22.8 Å². The molecule has 0 aliphatic rings. The molecule has 0 amide bonds. The van der Waals surface area contributed by atoms with Crippen LogP contribution < -0.4 is 0 Å². The van der Waals surface area contributed by atoms with Gasteiger partial charge in [0.1, 0.15) is 0 Å². The van der Waals surface area contributed by atoms with Gasteiger partial charge < -0.3 is 10.2 Å². The fourth-order valence-corrected chi connectivity index (χ4v) is 2.37. The summed E-state index contributed by atoms with van der Waals surface area (Å²) in [5, 5.41) is 19.4. The first-order valence-corrected chi connectivity index (χ1v) is 6.81. The van der Waals surface area contributed by atoms with Gasteiger partial charge in [-0.15, -0.1) is 0 Å². The van der Waals surface area contributed by atoms with Crippen LogP contribution in [0.15, 0.2) is 59.1 Å². The lowest BCUT2D eigenvalue weighted by molar-refractivity contribution is 0.228. The first-order chi connectivity index (χ1) is 9.22. The first kappa shape index (κ1) is 14.0. The van der Waals surface area contributed by atoms with Gasteiger partial charge in [0.25, 0.3) is 0 Å². The second kappa shape index (κ2) is 6.66. The lowest BCUT2D eigenvalue weighted by Gasteiger charge is -2.08. The normalized spacial score (nSPS) is 12.8. The molecule has 98 valence electrons. The predicted octanol–water partition coefficient (Wildman–Crippen LogP) is 3.69. The summed E-state index contributed by atoms with van der Waals surface area (Å²) >= 11 is 3.42. The minimum atomic E-state index is -0.678. The van der Waals surface area contributed by atoms with Gasteiger partial charge in [0.15, 0.2) is 0 Å². The van der Waals surface area contributed by atoms with E-state index in [-0.39, 0.29) is 6.61 Å². The number of hydrogen-bond donors (Lipinski definition) is 2. The van der Waals surface area contributed by atoms with Crippen LogP contribution in [-0.2, 0) is 6.61 Å². The molecule has 2 aromatic carbocycles. The van der Waals surface area contributed by atoms with E-state index >= 15 is 0 Å². The Morgan fingerprint density at radius 3 is 2.47 bits per heavy atom. The molecule has 0 saturated heterocycles. The fourth-order valence-electron chi connectivity index (χ4n) is 1.85. The Morgan fingerprint density at radius 2 is 1.74 bits per heavy atom. The zero-order valence-electron chi connectivity index (χ0n) is 10.3. The summed E-state index contributed by atoms with van der Waals surface area (Å²) in [5.74, 6) is 0. The molecule has 2 rings (SSSR count). The third-order valence-corrected chi connectivity index (χ3v) is 3.63. The lowest BCUT2D eigenvalue weighted by atomic mass is 10.0. The molecule has 2 nitrogen and oxygen atoms in total. The molecular formula is C16H15BrO2. The first-order valence-electron chi connectivity index (χ1n) is 6.02. The standard InChI is InChI=1S/C16H15BrO2/c17-15-8-4-3-7-14(15)16(19)10-9-12-5-1-2-6-13(12)11-18/h1-10,16,18-19H,11H2/b10-9+. The van der Waals surface area contributed by atoms with E-state index in [4.69, 9.17) is 0 Å². The van der Waals surface area contributed by atoms with Crippen LogP contribution in [0, 0.1) is 0 Å². The van der Waals surface area contributed by atoms with Crippen LogP contribution in [0.2, 0.25) is 0 Å². The van der Waals surface area contributed by atoms with Crippen molar-refractivity contribution in [3.8, 4) is 0 Å². The molecule has 0 saturated carbocycles. The highest BCUT2D eigenvalue weighted by molar-refractivity contribution is 9.10. The number of aliphatic hydroxyl groups is 2. The minimum Gasteiger partial charge on any atom is -0.392 e. The highest BCUT2D eigenvalue weighted by Crippen LogP contribution is 2.24. The van der Waals surface area contributed by atoms with E-state index in [0.29, 0.717) is 0 Å². The molecule has 0 bridgehead atoms. The zero-order valence-corrected chi connectivity index (χ0v) is 11.9. The van der Waals surface area contributed by atoms with Crippen molar-refractivity contribution in [3.63, 3.8) is 0 Å². The summed E-state index contributed by atoms with van der Waals surface area (Å²) in [5.41, 5.74) is 2.58. The third kappa shape index (κ3) is 3.53. The van der Waals surface area contributed by atoms with Crippen LogP contribution in [0.25, 0.3) is 6.08 Å². The summed E-state index contributed by atoms with van der Waals surface area (Å²) < 4.78 is 0.877. The number of aliphatic hydroxyl groups excluding tert-OH is 2. The Balaban J connectivity index is 2.21. The predicted molar refractivity (Wildman–Crippen MR) is 80.5 cm³/mol. The van der Waals surface area contributed by atoms with E-state index in [2.05, 4.69) is 15.9 Å². The molecule has 0 aliphatic carbocycles. The molecule has 0 aliphatic heterocycles. The van der Waals surface area contributed by atoms with E-state index in [1.54, 1.807) is 6.08 Å². The summed E-state index contributed by atoms with van der Waals surface area (Å²) in [6.07, 6.45) is 2.87. The van der Waals surface area contributed by atoms with E-state index in [1.807, 2.05) is 54.6 Å². The van der Waals surface area contributed by atoms with Crippen molar-refractivity contribution in [2.24, 2.45) is 0 Å². The Bertz CT molecular complexity index is 578. The van der Waals surface area contributed by atoms with Crippen LogP contribution in [0.3, 0.4) is 0 Å². The summed E-state index contributed by atoms with van der Waals surface area (Å²) in [6.45, 7) is -0.00829. The van der Waals surface area contributed by atoms with Gasteiger partial charge in [0, 0.05) is 4.47 Å². The lowest BCUT2D eigenvalue weighted by Crippen LogP contribution is -1.94. The molecule has 3 heteroatoms. The van der Waals surface area contributed by atoms with E-state index in [9.17, 15) is 10.2 Å². The molecule has 0 radical (unpaired) electrons. The highest BCUT2D eigenvalue weighted by Gasteiger charge is 2.07. The SMILES string of the molecule is OCc1ccccc1/C=C/C(O)c1ccccc1Br. The topological polar surface area (TPSA) is 40.5 Å². The second-order valence-corrected chi connectivity index (χ2v) is 5.04. The average Bonchev–Trinajstić information content (AvgIpc) is 2.45. The van der Waals surface area contributed by atoms with Crippen molar-refractivity contribution in [3.05, 3.63) is 75.8 Å². The van der Waals surface area contributed by atoms with Crippen LogP contribution in [0.1, 0.15) is 22.8 Å². The summed E-state index contributed by atoms with van der Waals surface area (Å²) in [6, 6.07) is 15.1. The molecule has 0 aromatic heterocycles. The molecule has 19 heavy (non-hydrogen) atoms. The molecular weight excluding hydrogens is 304 g/mol. The van der Waals surface area contributed by atoms with Gasteiger partial charge in [-0.1, -0.05) is 70.5 Å². The maximum absolute atomic E-state index is 10.1. The number of rotatable bonds is 4. The van der Waals surface area contributed by atoms with Gasteiger partial charge in [0.2, 0.25) is 0 Å². The van der Waals surface area contributed by atoms with Gasteiger partial charge in [0.05, 0.1) is 12.7 Å². The minimum absolute atomic E-state index is 0.00829. The van der Waals surface area contributed by atoms with Crippen molar-refractivity contribution in [2.45, 2.75) is 12.7 Å². The van der Waals surface area contributed by atoms with Crippen molar-refractivity contribution < 1.29 is 10.2 Å². The molecule has 2 aromatic rings. The van der Waals surface area contributed by atoms with Crippen LogP contribution in [-0.4, -0.2) is 10.2 Å². The van der Waals surface area contributed by atoms with Crippen LogP contribution in [0.5, 0.6) is 0 Å². The monoisotopic (exact) mass is 318 g/mol. The molecule has 0 heterocycles.